The molecule has 0 atom stereocenters. The topological polar surface area (TPSA) is 85.4 Å². The Morgan fingerprint density at radius 1 is 1.25 bits per heavy atom. The predicted molar refractivity (Wildman–Crippen MR) is 84.3 cm³/mol. The first-order chi connectivity index (χ1) is 11.3. The van der Waals surface area contributed by atoms with Crippen molar-refractivity contribution < 1.29 is 17.9 Å². The van der Waals surface area contributed by atoms with Gasteiger partial charge in [0.15, 0.2) is 0 Å². The van der Waals surface area contributed by atoms with Gasteiger partial charge < -0.3 is 15.8 Å². The van der Waals surface area contributed by atoms with Gasteiger partial charge in [0.25, 0.3) is 5.95 Å². The molecule has 1 heterocycles. The molecule has 0 radical (unpaired) electrons. The van der Waals surface area contributed by atoms with Crippen LogP contribution in [0, 0.1) is 6.92 Å². The van der Waals surface area contributed by atoms with Gasteiger partial charge in [0.05, 0.1) is 6.61 Å². The standard InChI is InChI=1S/C15H16F3N5O/c1-3-24-11-6-4-10(5-7-11)21-13(19)23-14-20-9(2)8-12(22-14)15(16,17)18/h4-8H,3H2,1-2H3,(H3,19,20,21,22,23). The maximum absolute atomic E-state index is 12.7. The molecule has 128 valence electrons. The zero-order chi connectivity index (χ0) is 17.7. The maximum Gasteiger partial charge on any atom is 0.433 e. The van der Waals surface area contributed by atoms with Gasteiger partial charge in [-0.25, -0.2) is 9.97 Å². The zero-order valence-corrected chi connectivity index (χ0v) is 13.1. The Morgan fingerprint density at radius 3 is 2.50 bits per heavy atom. The van der Waals surface area contributed by atoms with Crippen LogP contribution in [0.3, 0.4) is 0 Å². The molecule has 0 unspecified atom stereocenters. The first-order valence-electron chi connectivity index (χ1n) is 7.05. The van der Waals surface area contributed by atoms with E-state index in [4.69, 9.17) is 10.5 Å². The van der Waals surface area contributed by atoms with Crippen LogP contribution in [-0.2, 0) is 6.18 Å². The van der Waals surface area contributed by atoms with Crippen LogP contribution < -0.4 is 15.8 Å². The molecule has 2 rings (SSSR count). The summed E-state index contributed by atoms with van der Waals surface area (Å²) in [6.45, 7) is 3.84. The fourth-order valence-electron chi connectivity index (χ4n) is 1.83. The van der Waals surface area contributed by atoms with Crippen LogP contribution in [0.4, 0.5) is 24.8 Å². The smallest absolute Gasteiger partial charge is 0.433 e. The molecule has 0 fully saturated rings. The lowest BCUT2D eigenvalue weighted by Crippen LogP contribution is -2.22. The van der Waals surface area contributed by atoms with Crippen molar-refractivity contribution in [3.63, 3.8) is 0 Å². The van der Waals surface area contributed by atoms with E-state index in [1.54, 1.807) is 24.3 Å². The monoisotopic (exact) mass is 339 g/mol. The van der Waals surface area contributed by atoms with Gasteiger partial charge in [-0.15, -0.1) is 0 Å². The molecule has 0 spiro atoms. The molecule has 2 aromatic rings. The number of rotatable bonds is 4. The number of nitrogens with zero attached hydrogens (tertiary/aromatic N) is 3. The second kappa shape index (κ2) is 7.16. The molecule has 0 aliphatic heterocycles. The molecule has 0 aliphatic carbocycles. The average molecular weight is 339 g/mol. The summed E-state index contributed by atoms with van der Waals surface area (Å²) in [5, 5.41) is 2.75. The van der Waals surface area contributed by atoms with E-state index in [9.17, 15) is 13.2 Å². The van der Waals surface area contributed by atoms with Gasteiger partial charge in [0.2, 0.25) is 5.96 Å². The summed E-state index contributed by atoms with van der Waals surface area (Å²) < 4.78 is 43.5. The summed E-state index contributed by atoms with van der Waals surface area (Å²) in [5.41, 5.74) is 5.37. The second-order valence-corrected chi connectivity index (χ2v) is 4.77. The number of aryl methyl sites for hydroxylation is 1. The summed E-state index contributed by atoms with van der Waals surface area (Å²) in [7, 11) is 0. The van der Waals surface area contributed by atoms with Crippen molar-refractivity contribution in [1.82, 2.24) is 9.97 Å². The van der Waals surface area contributed by atoms with E-state index in [0.29, 0.717) is 18.0 Å². The lowest BCUT2D eigenvalue weighted by atomic mass is 10.3. The number of ether oxygens (including phenoxy) is 1. The predicted octanol–water partition coefficient (Wildman–Crippen LogP) is 3.26. The largest absolute Gasteiger partial charge is 0.494 e. The normalized spacial score (nSPS) is 12.1. The number of nitrogens with one attached hydrogen (secondary N) is 1. The molecular weight excluding hydrogens is 323 g/mol. The lowest BCUT2D eigenvalue weighted by Gasteiger charge is -2.09. The third kappa shape index (κ3) is 4.83. The number of alkyl halides is 3. The molecule has 0 saturated heterocycles. The van der Waals surface area contributed by atoms with Gasteiger partial charge in [-0.1, -0.05) is 0 Å². The fraction of sp³-hybridized carbons (Fsp3) is 0.267. The highest BCUT2D eigenvalue weighted by Gasteiger charge is 2.33. The fourth-order valence-corrected chi connectivity index (χ4v) is 1.83. The summed E-state index contributed by atoms with van der Waals surface area (Å²) in [6, 6.07) is 7.69. The summed E-state index contributed by atoms with van der Waals surface area (Å²) in [4.78, 5) is 11.0. The van der Waals surface area contributed by atoms with Crippen molar-refractivity contribution in [2.24, 2.45) is 10.7 Å². The van der Waals surface area contributed by atoms with Crippen molar-refractivity contribution >= 4 is 17.6 Å². The van der Waals surface area contributed by atoms with Gasteiger partial charge in [-0.3, -0.25) is 0 Å². The van der Waals surface area contributed by atoms with Crippen LogP contribution in [0.5, 0.6) is 5.75 Å². The molecule has 9 heteroatoms. The molecule has 1 aromatic carbocycles. The van der Waals surface area contributed by atoms with E-state index in [2.05, 4.69) is 20.3 Å². The molecule has 0 saturated carbocycles. The Labute approximate surface area is 136 Å². The number of benzene rings is 1. The number of aliphatic imine (C=N–C) groups is 1. The first-order valence-corrected chi connectivity index (χ1v) is 7.05. The average Bonchev–Trinajstić information content (AvgIpc) is 2.48. The van der Waals surface area contributed by atoms with E-state index in [0.717, 1.165) is 6.07 Å². The number of nitrogens with two attached hydrogens (primary N) is 1. The highest BCUT2D eigenvalue weighted by molar-refractivity contribution is 5.93. The third-order valence-electron chi connectivity index (χ3n) is 2.79. The van der Waals surface area contributed by atoms with E-state index in [-0.39, 0.29) is 17.6 Å². The zero-order valence-electron chi connectivity index (χ0n) is 13.1. The SMILES string of the molecule is CCOc1ccc(NC(N)=Nc2nc(C)cc(C(F)(F)F)n2)cc1. The van der Waals surface area contributed by atoms with Crippen LogP contribution in [0.2, 0.25) is 0 Å². The Bertz CT molecular complexity index is 729. The van der Waals surface area contributed by atoms with Crippen molar-refractivity contribution in [1.29, 1.82) is 0 Å². The van der Waals surface area contributed by atoms with Gasteiger partial charge in [0, 0.05) is 11.4 Å². The summed E-state index contributed by atoms with van der Waals surface area (Å²) in [5.74, 6) is 0.201. The number of hydrogen-bond donors (Lipinski definition) is 2. The summed E-state index contributed by atoms with van der Waals surface area (Å²) in [6.07, 6.45) is -4.57. The van der Waals surface area contributed by atoms with Crippen molar-refractivity contribution in [3.8, 4) is 5.75 Å². The van der Waals surface area contributed by atoms with Gasteiger partial charge >= 0.3 is 6.18 Å². The maximum atomic E-state index is 12.7. The molecule has 3 N–H and O–H groups in total. The number of guanidine groups is 1. The molecule has 0 amide bonds. The van der Waals surface area contributed by atoms with E-state index in [1.165, 1.54) is 6.92 Å². The Balaban J connectivity index is 2.17. The van der Waals surface area contributed by atoms with Gasteiger partial charge in [-0.2, -0.15) is 18.2 Å². The molecule has 24 heavy (non-hydrogen) atoms. The second-order valence-electron chi connectivity index (χ2n) is 4.77. The van der Waals surface area contributed by atoms with Crippen molar-refractivity contribution in [2.45, 2.75) is 20.0 Å². The Morgan fingerprint density at radius 2 is 1.92 bits per heavy atom. The van der Waals surface area contributed by atoms with Crippen LogP contribution in [0.25, 0.3) is 0 Å². The molecule has 1 aromatic heterocycles. The number of anilines is 1. The van der Waals surface area contributed by atoms with Crippen LogP contribution in [0.15, 0.2) is 35.3 Å². The molecule has 6 nitrogen and oxygen atoms in total. The lowest BCUT2D eigenvalue weighted by molar-refractivity contribution is -0.141. The number of aromatic nitrogens is 2. The number of halogens is 3. The quantitative estimate of drug-likeness (QED) is 0.660. The molecule has 0 aliphatic rings. The van der Waals surface area contributed by atoms with E-state index >= 15 is 0 Å². The van der Waals surface area contributed by atoms with E-state index in [1.807, 2.05) is 6.92 Å². The molecular formula is C15H16F3N5O. The first kappa shape index (κ1) is 17.5. The van der Waals surface area contributed by atoms with Crippen LogP contribution in [-0.4, -0.2) is 22.5 Å². The highest BCUT2D eigenvalue weighted by Crippen LogP contribution is 2.28. The molecule has 0 bridgehead atoms. The Hall–Kier alpha value is -2.84. The van der Waals surface area contributed by atoms with Crippen molar-refractivity contribution in [2.75, 3.05) is 11.9 Å². The highest BCUT2D eigenvalue weighted by atomic mass is 19.4. The van der Waals surface area contributed by atoms with Crippen molar-refractivity contribution in [3.05, 3.63) is 41.7 Å². The van der Waals surface area contributed by atoms with Crippen LogP contribution in [0.1, 0.15) is 18.3 Å². The van der Waals surface area contributed by atoms with E-state index < -0.39 is 11.9 Å². The van der Waals surface area contributed by atoms with Crippen LogP contribution >= 0.6 is 0 Å². The minimum absolute atomic E-state index is 0.127. The minimum Gasteiger partial charge on any atom is -0.494 e. The van der Waals surface area contributed by atoms with Gasteiger partial charge in [0.1, 0.15) is 11.4 Å². The Kier molecular flexibility index (Phi) is 5.22. The number of hydrogen-bond acceptors (Lipinski definition) is 4. The minimum atomic E-state index is -4.57. The summed E-state index contributed by atoms with van der Waals surface area (Å²) >= 11 is 0. The van der Waals surface area contributed by atoms with Gasteiger partial charge in [-0.05, 0) is 44.2 Å². The third-order valence-corrected chi connectivity index (χ3v) is 2.79.